The number of nitrogen functional groups attached to an aromatic ring is 1. The molecule has 0 aromatic carbocycles. The van der Waals surface area contributed by atoms with E-state index in [1.807, 2.05) is 31.4 Å². The van der Waals surface area contributed by atoms with Crippen molar-refractivity contribution in [1.29, 1.82) is 0 Å². The Bertz CT molecular complexity index is 433. The van der Waals surface area contributed by atoms with Gasteiger partial charge in [-0.3, -0.25) is 4.68 Å². The normalized spacial score (nSPS) is 10.4. The summed E-state index contributed by atoms with van der Waals surface area (Å²) >= 11 is 0. The van der Waals surface area contributed by atoms with Gasteiger partial charge in [-0.1, -0.05) is 0 Å². The van der Waals surface area contributed by atoms with Crippen LogP contribution >= 0.6 is 0 Å². The number of pyridine rings is 1. The Hall–Kier alpha value is -1.84. The molecular weight excluding hydrogens is 176 g/mol. The van der Waals surface area contributed by atoms with Crippen LogP contribution in [0, 0.1) is 0 Å². The third-order valence-corrected chi connectivity index (χ3v) is 2.00. The van der Waals surface area contributed by atoms with Gasteiger partial charge in [0.25, 0.3) is 0 Å². The van der Waals surface area contributed by atoms with E-state index in [4.69, 9.17) is 5.73 Å². The summed E-state index contributed by atoms with van der Waals surface area (Å²) in [7, 11) is 1.91. The van der Waals surface area contributed by atoms with Crippen molar-refractivity contribution in [3.8, 4) is 0 Å². The molecule has 0 unspecified atom stereocenters. The van der Waals surface area contributed by atoms with Crippen molar-refractivity contribution in [2.24, 2.45) is 7.05 Å². The zero-order chi connectivity index (χ0) is 9.97. The fourth-order valence-electron chi connectivity index (χ4n) is 1.37. The van der Waals surface area contributed by atoms with Gasteiger partial charge in [0, 0.05) is 25.9 Å². The molecule has 4 nitrogen and oxygen atoms in total. The highest BCUT2D eigenvalue weighted by Gasteiger charge is 1.99. The Labute approximate surface area is 82.4 Å². The van der Waals surface area contributed by atoms with Crippen LogP contribution in [0.4, 0.5) is 5.82 Å². The molecule has 2 aromatic rings. The number of aryl methyl sites for hydroxylation is 1. The number of hydrogen-bond donors (Lipinski definition) is 1. The van der Waals surface area contributed by atoms with E-state index in [1.165, 1.54) is 0 Å². The molecule has 2 N–H and O–H groups in total. The zero-order valence-electron chi connectivity index (χ0n) is 8.01. The van der Waals surface area contributed by atoms with Crippen LogP contribution in [0.25, 0.3) is 0 Å². The molecule has 72 valence electrons. The standard InChI is InChI=1S/C10H12N4/c1-14-5-3-9(13-14)6-8-2-4-12-10(11)7-8/h2-5,7H,6H2,1H3,(H2,11,12). The SMILES string of the molecule is Cn1ccc(Cc2ccnc(N)c2)n1. The highest BCUT2D eigenvalue weighted by molar-refractivity contribution is 5.33. The third kappa shape index (κ3) is 1.90. The lowest BCUT2D eigenvalue weighted by atomic mass is 10.1. The number of hydrogen-bond acceptors (Lipinski definition) is 3. The molecular formula is C10H12N4. The van der Waals surface area contributed by atoms with Gasteiger partial charge < -0.3 is 5.73 Å². The van der Waals surface area contributed by atoms with Gasteiger partial charge >= 0.3 is 0 Å². The van der Waals surface area contributed by atoms with Crippen LogP contribution in [-0.4, -0.2) is 14.8 Å². The lowest BCUT2D eigenvalue weighted by Gasteiger charge is -1.98. The Morgan fingerprint density at radius 1 is 1.43 bits per heavy atom. The van der Waals surface area contributed by atoms with Crippen molar-refractivity contribution in [2.45, 2.75) is 6.42 Å². The second-order valence-corrected chi connectivity index (χ2v) is 3.25. The van der Waals surface area contributed by atoms with Gasteiger partial charge in [-0.25, -0.2) is 4.98 Å². The van der Waals surface area contributed by atoms with Gasteiger partial charge in [-0.2, -0.15) is 5.10 Å². The van der Waals surface area contributed by atoms with Crippen LogP contribution in [0.2, 0.25) is 0 Å². The maximum absolute atomic E-state index is 5.58. The minimum Gasteiger partial charge on any atom is -0.384 e. The van der Waals surface area contributed by atoms with E-state index >= 15 is 0 Å². The quantitative estimate of drug-likeness (QED) is 0.764. The second-order valence-electron chi connectivity index (χ2n) is 3.25. The number of anilines is 1. The van der Waals surface area contributed by atoms with E-state index < -0.39 is 0 Å². The fraction of sp³-hybridized carbons (Fsp3) is 0.200. The van der Waals surface area contributed by atoms with Gasteiger partial charge in [-0.05, 0) is 23.8 Å². The summed E-state index contributed by atoms with van der Waals surface area (Å²) in [6, 6.07) is 5.82. The molecule has 14 heavy (non-hydrogen) atoms. The Morgan fingerprint density at radius 2 is 2.29 bits per heavy atom. The lowest BCUT2D eigenvalue weighted by molar-refractivity contribution is 0.749. The molecule has 0 saturated heterocycles. The average molecular weight is 188 g/mol. The summed E-state index contributed by atoms with van der Waals surface area (Å²) in [5.74, 6) is 0.554. The van der Waals surface area contributed by atoms with Crippen molar-refractivity contribution >= 4 is 5.82 Å². The van der Waals surface area contributed by atoms with Crippen LogP contribution in [0.1, 0.15) is 11.3 Å². The topological polar surface area (TPSA) is 56.7 Å². The first-order chi connectivity index (χ1) is 6.74. The molecule has 0 amide bonds. The first kappa shape index (κ1) is 8.74. The molecule has 0 spiro atoms. The van der Waals surface area contributed by atoms with E-state index in [0.717, 1.165) is 17.7 Å². The molecule has 0 atom stereocenters. The fourth-order valence-corrected chi connectivity index (χ4v) is 1.37. The first-order valence-electron chi connectivity index (χ1n) is 4.43. The van der Waals surface area contributed by atoms with E-state index in [9.17, 15) is 0 Å². The van der Waals surface area contributed by atoms with Crippen LogP contribution in [0.15, 0.2) is 30.6 Å². The minimum absolute atomic E-state index is 0.554. The van der Waals surface area contributed by atoms with Crippen molar-refractivity contribution in [2.75, 3.05) is 5.73 Å². The molecule has 0 radical (unpaired) electrons. The number of aromatic nitrogens is 3. The van der Waals surface area contributed by atoms with Gasteiger partial charge in [0.05, 0.1) is 5.69 Å². The second kappa shape index (κ2) is 3.49. The zero-order valence-corrected chi connectivity index (χ0v) is 8.01. The van der Waals surface area contributed by atoms with E-state index in [1.54, 1.807) is 10.9 Å². The monoisotopic (exact) mass is 188 g/mol. The summed E-state index contributed by atoms with van der Waals surface area (Å²) in [5.41, 5.74) is 7.76. The Morgan fingerprint density at radius 3 is 2.93 bits per heavy atom. The van der Waals surface area contributed by atoms with Crippen molar-refractivity contribution < 1.29 is 0 Å². The van der Waals surface area contributed by atoms with Gasteiger partial charge in [0.1, 0.15) is 5.82 Å². The molecule has 2 heterocycles. The number of nitrogens with two attached hydrogens (primary N) is 1. The molecule has 0 aliphatic carbocycles. The van der Waals surface area contributed by atoms with E-state index in [0.29, 0.717) is 5.82 Å². The summed E-state index contributed by atoms with van der Waals surface area (Å²) in [6.45, 7) is 0. The molecule has 0 bridgehead atoms. The third-order valence-electron chi connectivity index (χ3n) is 2.00. The van der Waals surface area contributed by atoms with Crippen LogP contribution < -0.4 is 5.73 Å². The molecule has 2 rings (SSSR count). The van der Waals surface area contributed by atoms with Gasteiger partial charge in [-0.15, -0.1) is 0 Å². The van der Waals surface area contributed by atoms with Gasteiger partial charge in [0.15, 0.2) is 0 Å². The minimum atomic E-state index is 0.554. The highest BCUT2D eigenvalue weighted by atomic mass is 15.2. The Balaban J connectivity index is 2.18. The molecule has 0 aliphatic heterocycles. The largest absolute Gasteiger partial charge is 0.384 e. The Kier molecular flexibility index (Phi) is 2.18. The summed E-state index contributed by atoms with van der Waals surface area (Å²) in [4.78, 5) is 3.94. The van der Waals surface area contributed by atoms with Crippen LogP contribution in [0.5, 0.6) is 0 Å². The lowest BCUT2D eigenvalue weighted by Crippen LogP contribution is -1.95. The van der Waals surface area contributed by atoms with Crippen LogP contribution in [0.3, 0.4) is 0 Å². The summed E-state index contributed by atoms with van der Waals surface area (Å²) in [6.07, 6.45) is 4.45. The predicted octanol–water partition coefficient (Wildman–Crippen LogP) is 0.988. The maximum Gasteiger partial charge on any atom is 0.123 e. The summed E-state index contributed by atoms with van der Waals surface area (Å²) < 4.78 is 1.79. The molecule has 0 saturated carbocycles. The highest BCUT2D eigenvalue weighted by Crippen LogP contribution is 2.08. The number of rotatable bonds is 2. The van der Waals surface area contributed by atoms with Crippen molar-refractivity contribution in [3.05, 3.63) is 41.9 Å². The van der Waals surface area contributed by atoms with E-state index in [2.05, 4.69) is 10.1 Å². The molecule has 0 fully saturated rings. The van der Waals surface area contributed by atoms with Crippen LogP contribution in [-0.2, 0) is 13.5 Å². The van der Waals surface area contributed by atoms with Crippen molar-refractivity contribution in [3.63, 3.8) is 0 Å². The maximum atomic E-state index is 5.58. The molecule has 2 aromatic heterocycles. The summed E-state index contributed by atoms with van der Waals surface area (Å²) in [5, 5.41) is 4.29. The first-order valence-corrected chi connectivity index (χ1v) is 4.43. The smallest absolute Gasteiger partial charge is 0.123 e. The van der Waals surface area contributed by atoms with Gasteiger partial charge in [0.2, 0.25) is 0 Å². The predicted molar refractivity (Wildman–Crippen MR) is 54.7 cm³/mol. The molecule has 0 aliphatic rings. The molecule has 4 heteroatoms. The number of nitrogens with zero attached hydrogens (tertiary/aromatic N) is 3. The van der Waals surface area contributed by atoms with Crippen molar-refractivity contribution in [1.82, 2.24) is 14.8 Å². The van der Waals surface area contributed by atoms with E-state index in [-0.39, 0.29) is 0 Å². The average Bonchev–Trinajstić information content (AvgIpc) is 2.51.